The average molecular weight is 380 g/mol. The lowest BCUT2D eigenvalue weighted by Crippen LogP contribution is -1.96. The molecule has 3 aromatic rings. The summed E-state index contributed by atoms with van der Waals surface area (Å²) < 4.78 is 11.8. The van der Waals surface area contributed by atoms with Crippen molar-refractivity contribution in [2.75, 3.05) is 0 Å². The lowest BCUT2D eigenvalue weighted by atomic mass is 10.2. The average Bonchev–Trinajstić information content (AvgIpc) is 2.96. The van der Waals surface area contributed by atoms with Crippen LogP contribution in [-0.4, -0.2) is 10.1 Å². The van der Waals surface area contributed by atoms with Gasteiger partial charge in [-0.3, -0.25) is 0 Å². The first-order valence-electron chi connectivity index (χ1n) is 6.59. The fraction of sp³-hybridized carbons (Fsp3) is 0.125. The third-order valence-electron chi connectivity index (χ3n) is 3.01. The Hall–Kier alpha value is -1.85. The highest BCUT2D eigenvalue weighted by Crippen LogP contribution is 2.26. The Bertz CT molecular complexity index is 787. The van der Waals surface area contributed by atoms with Gasteiger partial charge in [-0.15, -0.1) is 0 Å². The van der Waals surface area contributed by atoms with Gasteiger partial charge < -0.3 is 9.26 Å². The molecule has 0 aliphatic carbocycles. The minimum atomic E-state index is 0.211. The number of halogens is 2. The number of rotatable bonds is 4. The van der Waals surface area contributed by atoms with E-state index in [1.54, 1.807) is 12.1 Å². The molecular formula is C16H12BrClN2O2. The second-order valence-electron chi connectivity index (χ2n) is 4.74. The number of aromatic nitrogens is 2. The predicted octanol–water partition coefficient (Wildman–Crippen LogP) is 5.04. The molecule has 0 atom stereocenters. The van der Waals surface area contributed by atoms with E-state index in [2.05, 4.69) is 26.1 Å². The van der Waals surface area contributed by atoms with Crippen molar-refractivity contribution < 1.29 is 9.26 Å². The molecule has 0 saturated heterocycles. The van der Waals surface area contributed by atoms with E-state index in [0.717, 1.165) is 21.3 Å². The number of nitrogens with zero attached hydrogens (tertiary/aromatic N) is 2. The third-order valence-corrected chi connectivity index (χ3v) is 3.88. The number of hydrogen-bond donors (Lipinski definition) is 0. The number of aryl methyl sites for hydroxylation is 1. The van der Waals surface area contributed by atoms with Gasteiger partial charge >= 0.3 is 0 Å². The predicted molar refractivity (Wildman–Crippen MR) is 88.0 cm³/mol. The zero-order valence-electron chi connectivity index (χ0n) is 11.7. The van der Waals surface area contributed by atoms with Crippen molar-refractivity contribution in [3.63, 3.8) is 0 Å². The number of hydrogen-bond acceptors (Lipinski definition) is 4. The van der Waals surface area contributed by atoms with E-state index in [4.69, 9.17) is 20.9 Å². The molecule has 0 amide bonds. The van der Waals surface area contributed by atoms with Crippen LogP contribution >= 0.6 is 27.5 Å². The fourth-order valence-electron chi connectivity index (χ4n) is 1.89. The second kappa shape index (κ2) is 6.50. The van der Waals surface area contributed by atoms with Crippen LogP contribution in [0.1, 0.15) is 11.5 Å². The van der Waals surface area contributed by atoms with Crippen LogP contribution in [0.4, 0.5) is 0 Å². The van der Waals surface area contributed by atoms with Crippen LogP contribution in [0.3, 0.4) is 0 Å². The van der Waals surface area contributed by atoms with Crippen molar-refractivity contribution >= 4 is 27.5 Å². The first-order valence-corrected chi connectivity index (χ1v) is 7.76. The Kier molecular flexibility index (Phi) is 4.45. The molecule has 0 unspecified atom stereocenters. The molecule has 0 fully saturated rings. The molecule has 0 aliphatic rings. The summed E-state index contributed by atoms with van der Waals surface area (Å²) in [6.07, 6.45) is 0. The summed E-state index contributed by atoms with van der Waals surface area (Å²) in [4.78, 5) is 4.31. The molecule has 112 valence electrons. The zero-order chi connectivity index (χ0) is 15.5. The quantitative estimate of drug-likeness (QED) is 0.637. The lowest BCUT2D eigenvalue weighted by Gasteiger charge is -2.06. The van der Waals surface area contributed by atoms with Gasteiger partial charge in [-0.2, -0.15) is 4.98 Å². The van der Waals surface area contributed by atoms with E-state index >= 15 is 0 Å². The van der Waals surface area contributed by atoms with Gasteiger partial charge in [-0.05, 0) is 64.8 Å². The van der Waals surface area contributed by atoms with Crippen LogP contribution in [0.5, 0.6) is 5.75 Å². The van der Waals surface area contributed by atoms with Crippen molar-refractivity contribution in [3.8, 4) is 17.1 Å². The van der Waals surface area contributed by atoms with Gasteiger partial charge in [-0.25, -0.2) is 0 Å². The van der Waals surface area contributed by atoms with E-state index in [1.165, 1.54) is 0 Å². The minimum Gasteiger partial charge on any atom is -0.483 e. The molecule has 0 spiro atoms. The standard InChI is InChI=1S/C16H12BrClN2O2/c1-10-2-7-14(13(17)8-10)21-9-15-19-16(20-22-15)11-3-5-12(18)6-4-11/h2-8H,9H2,1H3. The molecule has 0 bridgehead atoms. The Balaban J connectivity index is 1.70. The molecule has 3 rings (SSSR count). The molecule has 0 N–H and O–H groups in total. The van der Waals surface area contributed by atoms with Gasteiger partial charge in [0.05, 0.1) is 4.47 Å². The largest absolute Gasteiger partial charge is 0.483 e. The van der Waals surface area contributed by atoms with E-state index < -0.39 is 0 Å². The Morgan fingerprint density at radius 3 is 2.68 bits per heavy atom. The Labute approximate surface area is 141 Å². The highest BCUT2D eigenvalue weighted by atomic mass is 79.9. The van der Waals surface area contributed by atoms with Crippen LogP contribution in [0.2, 0.25) is 5.02 Å². The highest BCUT2D eigenvalue weighted by molar-refractivity contribution is 9.10. The second-order valence-corrected chi connectivity index (χ2v) is 6.03. The summed E-state index contributed by atoms with van der Waals surface area (Å²) in [5.74, 6) is 1.66. The van der Waals surface area contributed by atoms with Gasteiger partial charge in [0.25, 0.3) is 5.89 Å². The maximum Gasteiger partial charge on any atom is 0.264 e. The monoisotopic (exact) mass is 378 g/mol. The maximum absolute atomic E-state index is 5.86. The number of benzene rings is 2. The molecule has 6 heteroatoms. The highest BCUT2D eigenvalue weighted by Gasteiger charge is 2.10. The van der Waals surface area contributed by atoms with Gasteiger partial charge in [-0.1, -0.05) is 22.8 Å². The topological polar surface area (TPSA) is 48.2 Å². The SMILES string of the molecule is Cc1ccc(OCc2nc(-c3ccc(Cl)cc3)no2)c(Br)c1. The van der Waals surface area contributed by atoms with Gasteiger partial charge in [0.1, 0.15) is 5.75 Å². The van der Waals surface area contributed by atoms with Gasteiger partial charge in [0.2, 0.25) is 5.82 Å². The summed E-state index contributed by atoms with van der Waals surface area (Å²) in [5.41, 5.74) is 2.00. The maximum atomic E-state index is 5.86. The lowest BCUT2D eigenvalue weighted by molar-refractivity contribution is 0.242. The van der Waals surface area contributed by atoms with Crippen molar-refractivity contribution in [2.24, 2.45) is 0 Å². The summed E-state index contributed by atoms with van der Waals surface area (Å²) in [6.45, 7) is 2.23. The Morgan fingerprint density at radius 1 is 1.18 bits per heavy atom. The van der Waals surface area contributed by atoms with Crippen LogP contribution in [0.25, 0.3) is 11.4 Å². The summed E-state index contributed by atoms with van der Waals surface area (Å²) in [7, 11) is 0. The molecule has 0 saturated carbocycles. The first-order chi connectivity index (χ1) is 10.6. The summed E-state index contributed by atoms with van der Waals surface area (Å²) in [6, 6.07) is 13.1. The van der Waals surface area contributed by atoms with E-state index in [-0.39, 0.29) is 6.61 Å². The van der Waals surface area contributed by atoms with Crippen LogP contribution in [0, 0.1) is 6.92 Å². The zero-order valence-corrected chi connectivity index (χ0v) is 14.1. The molecule has 22 heavy (non-hydrogen) atoms. The first kappa shape index (κ1) is 15.1. The smallest absolute Gasteiger partial charge is 0.264 e. The molecule has 0 aliphatic heterocycles. The fourth-order valence-corrected chi connectivity index (χ4v) is 2.63. The van der Waals surface area contributed by atoms with E-state index in [0.29, 0.717) is 16.7 Å². The van der Waals surface area contributed by atoms with E-state index in [1.807, 2.05) is 37.3 Å². The van der Waals surface area contributed by atoms with Crippen molar-refractivity contribution in [2.45, 2.75) is 13.5 Å². The van der Waals surface area contributed by atoms with Crippen LogP contribution in [-0.2, 0) is 6.61 Å². The van der Waals surface area contributed by atoms with Gasteiger partial charge in [0.15, 0.2) is 6.61 Å². The van der Waals surface area contributed by atoms with Crippen LogP contribution < -0.4 is 4.74 Å². The van der Waals surface area contributed by atoms with E-state index in [9.17, 15) is 0 Å². The molecule has 1 aromatic heterocycles. The normalized spacial score (nSPS) is 10.7. The molecule has 2 aromatic carbocycles. The summed E-state index contributed by atoms with van der Waals surface area (Å²) >= 11 is 9.32. The molecule has 4 nitrogen and oxygen atoms in total. The Morgan fingerprint density at radius 2 is 1.95 bits per heavy atom. The van der Waals surface area contributed by atoms with Crippen molar-refractivity contribution in [1.82, 2.24) is 10.1 Å². The molecule has 0 radical (unpaired) electrons. The minimum absolute atomic E-state index is 0.211. The van der Waals surface area contributed by atoms with Crippen molar-refractivity contribution in [3.05, 3.63) is 63.4 Å². The van der Waals surface area contributed by atoms with Gasteiger partial charge in [0, 0.05) is 10.6 Å². The third kappa shape index (κ3) is 3.48. The van der Waals surface area contributed by atoms with Crippen LogP contribution in [0.15, 0.2) is 51.5 Å². The summed E-state index contributed by atoms with van der Waals surface area (Å²) in [5, 5.41) is 4.61. The molecule has 1 heterocycles. The van der Waals surface area contributed by atoms with Crippen molar-refractivity contribution in [1.29, 1.82) is 0 Å². The molecular weight excluding hydrogens is 368 g/mol. The number of ether oxygens (including phenoxy) is 1.